The maximum absolute atomic E-state index is 4.60. The smallest absolute Gasteiger partial charge is 0.128 e. The van der Waals surface area contributed by atoms with Crippen molar-refractivity contribution in [1.82, 2.24) is 4.98 Å². The van der Waals surface area contributed by atoms with Crippen LogP contribution < -0.4 is 4.90 Å². The van der Waals surface area contributed by atoms with Gasteiger partial charge in [-0.1, -0.05) is 42.8 Å². The highest BCUT2D eigenvalue weighted by Crippen LogP contribution is 2.34. The molecule has 106 valence electrons. The molecular formula is C16H25BrN2. The topological polar surface area (TPSA) is 16.1 Å². The summed E-state index contributed by atoms with van der Waals surface area (Å²) >= 11 is 3.47. The molecular weight excluding hydrogens is 300 g/mol. The summed E-state index contributed by atoms with van der Waals surface area (Å²) in [5, 5.41) is 0.881. The minimum Gasteiger partial charge on any atom is -0.357 e. The van der Waals surface area contributed by atoms with Gasteiger partial charge in [-0.2, -0.15) is 0 Å². The largest absolute Gasteiger partial charge is 0.357 e. The van der Waals surface area contributed by atoms with Gasteiger partial charge in [0.25, 0.3) is 0 Å². The molecule has 0 aromatic carbocycles. The van der Waals surface area contributed by atoms with Gasteiger partial charge >= 0.3 is 0 Å². The molecule has 1 fully saturated rings. The summed E-state index contributed by atoms with van der Waals surface area (Å²) in [6.45, 7) is 9.40. The van der Waals surface area contributed by atoms with Gasteiger partial charge in [-0.05, 0) is 42.2 Å². The molecule has 1 saturated heterocycles. The zero-order valence-electron chi connectivity index (χ0n) is 12.3. The van der Waals surface area contributed by atoms with Crippen LogP contribution in [0.15, 0.2) is 18.3 Å². The van der Waals surface area contributed by atoms with E-state index in [4.69, 9.17) is 0 Å². The highest BCUT2D eigenvalue weighted by atomic mass is 79.9. The first kappa shape index (κ1) is 14.8. The Morgan fingerprint density at radius 1 is 1.26 bits per heavy atom. The SMILES string of the molecule is CC(C)(C)C1CCCN(c2ccc(CBr)cn2)CC1. The molecule has 0 N–H and O–H groups in total. The fourth-order valence-corrected chi connectivity index (χ4v) is 3.21. The number of alkyl halides is 1. The van der Waals surface area contributed by atoms with Crippen LogP contribution in [0.1, 0.15) is 45.6 Å². The normalized spacial score (nSPS) is 21.3. The highest BCUT2D eigenvalue weighted by Gasteiger charge is 2.27. The van der Waals surface area contributed by atoms with Gasteiger partial charge in [0.1, 0.15) is 5.82 Å². The minimum atomic E-state index is 0.434. The van der Waals surface area contributed by atoms with Crippen LogP contribution >= 0.6 is 15.9 Å². The van der Waals surface area contributed by atoms with Crippen molar-refractivity contribution < 1.29 is 0 Å². The summed E-state index contributed by atoms with van der Waals surface area (Å²) in [6, 6.07) is 4.33. The number of pyridine rings is 1. The monoisotopic (exact) mass is 324 g/mol. The molecule has 0 amide bonds. The molecule has 2 heterocycles. The quantitative estimate of drug-likeness (QED) is 0.737. The Balaban J connectivity index is 2.02. The lowest BCUT2D eigenvalue weighted by Gasteiger charge is -2.29. The molecule has 1 atom stereocenters. The molecule has 0 bridgehead atoms. The van der Waals surface area contributed by atoms with Gasteiger partial charge in [-0.3, -0.25) is 0 Å². The Labute approximate surface area is 125 Å². The first-order valence-electron chi connectivity index (χ1n) is 7.26. The Morgan fingerprint density at radius 3 is 2.63 bits per heavy atom. The number of nitrogens with zero attached hydrogens (tertiary/aromatic N) is 2. The second kappa shape index (κ2) is 6.25. The lowest BCUT2D eigenvalue weighted by molar-refractivity contribution is 0.220. The number of aromatic nitrogens is 1. The summed E-state index contributed by atoms with van der Waals surface area (Å²) in [5.41, 5.74) is 1.68. The van der Waals surface area contributed by atoms with E-state index in [0.29, 0.717) is 5.41 Å². The number of hydrogen-bond donors (Lipinski definition) is 0. The Bertz CT molecular complexity index is 394. The predicted octanol–water partition coefficient (Wildman–Crippen LogP) is 4.63. The molecule has 1 unspecified atom stereocenters. The summed E-state index contributed by atoms with van der Waals surface area (Å²) in [5.74, 6) is 1.97. The first-order valence-corrected chi connectivity index (χ1v) is 8.38. The van der Waals surface area contributed by atoms with E-state index in [1.807, 2.05) is 6.20 Å². The second-order valence-electron chi connectivity index (χ2n) is 6.64. The van der Waals surface area contributed by atoms with Crippen LogP contribution in [0.25, 0.3) is 0 Å². The fourth-order valence-electron chi connectivity index (χ4n) is 2.87. The summed E-state index contributed by atoms with van der Waals surface area (Å²) in [4.78, 5) is 7.05. The summed E-state index contributed by atoms with van der Waals surface area (Å²) in [6.07, 6.45) is 5.89. The lowest BCUT2D eigenvalue weighted by atomic mass is 9.77. The third kappa shape index (κ3) is 3.95. The lowest BCUT2D eigenvalue weighted by Crippen LogP contribution is -2.26. The standard InChI is InChI=1S/C16H25BrN2/c1-16(2,3)14-5-4-9-19(10-8-14)15-7-6-13(11-17)12-18-15/h6-7,12,14H,4-5,8-11H2,1-3H3. The van der Waals surface area contributed by atoms with E-state index in [2.05, 4.69) is 58.7 Å². The third-order valence-corrected chi connectivity index (χ3v) is 4.89. The van der Waals surface area contributed by atoms with Crippen molar-refractivity contribution >= 4 is 21.7 Å². The molecule has 0 aliphatic carbocycles. The van der Waals surface area contributed by atoms with Gasteiger partial charge in [-0.15, -0.1) is 0 Å². The highest BCUT2D eigenvalue weighted by molar-refractivity contribution is 9.08. The van der Waals surface area contributed by atoms with Crippen molar-refractivity contribution in [3.05, 3.63) is 23.9 Å². The molecule has 0 radical (unpaired) electrons. The van der Waals surface area contributed by atoms with Gasteiger partial charge in [0, 0.05) is 24.6 Å². The molecule has 19 heavy (non-hydrogen) atoms. The average molecular weight is 325 g/mol. The first-order chi connectivity index (χ1) is 9.00. The van der Waals surface area contributed by atoms with Crippen LogP contribution in [0.5, 0.6) is 0 Å². The van der Waals surface area contributed by atoms with E-state index >= 15 is 0 Å². The predicted molar refractivity (Wildman–Crippen MR) is 85.9 cm³/mol. The van der Waals surface area contributed by atoms with Crippen LogP contribution in [-0.2, 0) is 5.33 Å². The average Bonchev–Trinajstić information content (AvgIpc) is 2.64. The summed E-state index contributed by atoms with van der Waals surface area (Å²) < 4.78 is 0. The van der Waals surface area contributed by atoms with Crippen molar-refractivity contribution in [2.75, 3.05) is 18.0 Å². The van der Waals surface area contributed by atoms with E-state index < -0.39 is 0 Å². The van der Waals surface area contributed by atoms with Crippen molar-refractivity contribution in [1.29, 1.82) is 0 Å². The molecule has 0 saturated carbocycles. The van der Waals surface area contributed by atoms with Crippen molar-refractivity contribution in [3.63, 3.8) is 0 Å². The zero-order valence-corrected chi connectivity index (χ0v) is 13.9. The molecule has 1 aliphatic rings. The van der Waals surface area contributed by atoms with Crippen molar-refractivity contribution in [3.8, 4) is 0 Å². The Morgan fingerprint density at radius 2 is 2.05 bits per heavy atom. The summed E-state index contributed by atoms with van der Waals surface area (Å²) in [7, 11) is 0. The molecule has 1 aromatic rings. The molecule has 1 aliphatic heterocycles. The fraction of sp³-hybridized carbons (Fsp3) is 0.688. The van der Waals surface area contributed by atoms with Crippen LogP contribution in [-0.4, -0.2) is 18.1 Å². The molecule has 2 nitrogen and oxygen atoms in total. The molecule has 1 aromatic heterocycles. The number of hydrogen-bond acceptors (Lipinski definition) is 2. The van der Waals surface area contributed by atoms with Gasteiger partial charge in [0.2, 0.25) is 0 Å². The maximum Gasteiger partial charge on any atom is 0.128 e. The number of halogens is 1. The molecule has 3 heteroatoms. The minimum absolute atomic E-state index is 0.434. The van der Waals surface area contributed by atoms with E-state index in [-0.39, 0.29) is 0 Å². The van der Waals surface area contributed by atoms with E-state index in [0.717, 1.165) is 30.2 Å². The van der Waals surface area contributed by atoms with Crippen molar-refractivity contribution in [2.24, 2.45) is 11.3 Å². The van der Waals surface area contributed by atoms with Gasteiger partial charge < -0.3 is 4.90 Å². The zero-order chi connectivity index (χ0) is 13.9. The number of rotatable bonds is 2. The van der Waals surface area contributed by atoms with E-state index in [1.165, 1.54) is 24.8 Å². The maximum atomic E-state index is 4.60. The number of anilines is 1. The third-order valence-electron chi connectivity index (χ3n) is 4.24. The van der Waals surface area contributed by atoms with E-state index in [9.17, 15) is 0 Å². The van der Waals surface area contributed by atoms with Crippen LogP contribution in [0, 0.1) is 11.3 Å². The second-order valence-corrected chi connectivity index (χ2v) is 7.20. The van der Waals surface area contributed by atoms with Crippen LogP contribution in [0.4, 0.5) is 5.82 Å². The molecule has 0 spiro atoms. The van der Waals surface area contributed by atoms with Gasteiger partial charge in [0.15, 0.2) is 0 Å². The van der Waals surface area contributed by atoms with Crippen LogP contribution in [0.2, 0.25) is 0 Å². The Kier molecular flexibility index (Phi) is 4.88. The van der Waals surface area contributed by atoms with Gasteiger partial charge in [-0.25, -0.2) is 4.98 Å². The van der Waals surface area contributed by atoms with E-state index in [1.54, 1.807) is 0 Å². The van der Waals surface area contributed by atoms with Crippen molar-refractivity contribution in [2.45, 2.75) is 45.4 Å². The Hall–Kier alpha value is -0.570. The van der Waals surface area contributed by atoms with Crippen LogP contribution in [0.3, 0.4) is 0 Å². The van der Waals surface area contributed by atoms with Gasteiger partial charge in [0.05, 0.1) is 0 Å². The molecule has 2 rings (SSSR count).